The molecular weight excluding hydrogens is 389 g/mol. The molecule has 3 rings (SSSR count). The minimum absolute atomic E-state index is 0.0829. The highest BCUT2D eigenvalue weighted by atomic mass is 35.5. The lowest BCUT2D eigenvalue weighted by molar-refractivity contribution is -0.268. The lowest BCUT2D eigenvalue weighted by atomic mass is 9.95. The third-order valence-corrected chi connectivity index (χ3v) is 4.44. The van der Waals surface area contributed by atoms with Crippen LogP contribution in [0.3, 0.4) is 0 Å². The van der Waals surface area contributed by atoms with Gasteiger partial charge in [0.05, 0.1) is 5.56 Å². The van der Waals surface area contributed by atoms with E-state index >= 15 is 0 Å². The zero-order valence-electron chi connectivity index (χ0n) is 13.7. The Morgan fingerprint density at radius 3 is 1.89 bits per heavy atom. The zero-order chi connectivity index (χ0) is 19.6. The summed E-state index contributed by atoms with van der Waals surface area (Å²) in [6, 6.07) is 15.7. The van der Waals surface area contributed by atoms with Crippen LogP contribution in [-0.4, -0.2) is 17.0 Å². The van der Waals surface area contributed by atoms with Crippen molar-refractivity contribution >= 4 is 40.8 Å². The Morgan fingerprint density at radius 1 is 0.852 bits per heavy atom. The molecule has 1 amide bonds. The van der Waals surface area contributed by atoms with E-state index in [-0.39, 0.29) is 26.9 Å². The van der Waals surface area contributed by atoms with Crippen molar-refractivity contribution in [3.05, 3.63) is 81.8 Å². The van der Waals surface area contributed by atoms with Gasteiger partial charge >= 0.3 is 5.97 Å². The molecular formula is C20H12Cl2NO4-. The molecule has 136 valence electrons. The Bertz CT molecular complexity index is 1030. The Kier molecular flexibility index (Phi) is 5.35. The average Bonchev–Trinajstić information content (AvgIpc) is 2.66. The second kappa shape index (κ2) is 7.70. The summed E-state index contributed by atoms with van der Waals surface area (Å²) in [5, 5.41) is 23.4. The summed E-state index contributed by atoms with van der Waals surface area (Å²) in [6.45, 7) is 0. The molecule has 0 fully saturated rings. The van der Waals surface area contributed by atoms with Gasteiger partial charge < -0.3 is 15.5 Å². The normalized spacial score (nSPS) is 10.4. The number of amides is 1. The van der Waals surface area contributed by atoms with Crippen LogP contribution in [0.1, 0.15) is 20.7 Å². The van der Waals surface area contributed by atoms with Crippen LogP contribution in [-0.2, 0) is 0 Å². The van der Waals surface area contributed by atoms with Gasteiger partial charge in [0.15, 0.2) is 0 Å². The van der Waals surface area contributed by atoms with Crippen LogP contribution >= 0.6 is 23.2 Å². The molecule has 3 aromatic rings. The number of benzene rings is 3. The number of nitrogens with one attached hydrogen (secondary N) is 1. The molecule has 0 bridgehead atoms. The fraction of sp³-hybridized carbons (Fsp3) is 0. The number of carboxylic acid groups (broad SMARTS) is 1. The summed E-state index contributed by atoms with van der Waals surface area (Å²) < 4.78 is 0. The van der Waals surface area contributed by atoms with E-state index in [2.05, 4.69) is 5.32 Å². The predicted octanol–water partition coefficient (Wildman–Crippen LogP) is 4.68. The van der Waals surface area contributed by atoms with E-state index in [1.54, 1.807) is 42.5 Å². The first-order valence-corrected chi connectivity index (χ1v) is 8.53. The smallest absolute Gasteiger partial charge is 0.336 e. The van der Waals surface area contributed by atoms with Gasteiger partial charge in [-0.1, -0.05) is 65.3 Å². The minimum atomic E-state index is -1.09. The van der Waals surface area contributed by atoms with E-state index in [0.29, 0.717) is 11.1 Å². The summed E-state index contributed by atoms with van der Waals surface area (Å²) in [5.74, 6) is -2.10. The summed E-state index contributed by atoms with van der Waals surface area (Å²) in [4.78, 5) is 24.3. The highest BCUT2D eigenvalue weighted by molar-refractivity contribution is 6.37. The number of hydrogen-bond donors (Lipinski definition) is 2. The number of hydrogen-bond acceptors (Lipinski definition) is 3. The Hall–Kier alpha value is -3.02. The molecule has 0 atom stereocenters. The standard InChI is InChI=1S/C20H13Cl2NO4/c21-16-9-11(10-17(22)18(16)24)23-19(25)14-7-3-1-5-12(14)13-6-2-4-8-15(13)20(26)27/h1-10,24H,(H,23,25)(H,26,27)/p-1. The zero-order valence-corrected chi connectivity index (χ0v) is 15.2. The molecule has 5 nitrogen and oxygen atoms in total. The van der Waals surface area contributed by atoms with Gasteiger partial charge in [0.1, 0.15) is 0 Å². The number of anilines is 1. The fourth-order valence-corrected chi connectivity index (χ4v) is 3.14. The first-order chi connectivity index (χ1) is 12.9. The Morgan fingerprint density at radius 2 is 1.33 bits per heavy atom. The van der Waals surface area contributed by atoms with E-state index in [0.717, 1.165) is 0 Å². The minimum Gasteiger partial charge on any atom is -0.870 e. The summed E-state index contributed by atoms with van der Waals surface area (Å²) >= 11 is 11.6. The number of halogens is 2. The lowest BCUT2D eigenvalue weighted by Crippen LogP contribution is -2.14. The van der Waals surface area contributed by atoms with E-state index in [1.807, 2.05) is 0 Å². The SMILES string of the molecule is O=C(O)c1ccccc1-c1ccccc1C(=O)Nc1cc(Cl)c([O-])c(Cl)c1. The average molecular weight is 401 g/mol. The number of carboxylic acids is 1. The van der Waals surface area contributed by atoms with Gasteiger partial charge in [0.25, 0.3) is 5.91 Å². The molecule has 0 aliphatic heterocycles. The molecule has 0 unspecified atom stereocenters. The van der Waals surface area contributed by atoms with Gasteiger partial charge in [-0.15, -0.1) is 0 Å². The highest BCUT2D eigenvalue weighted by Crippen LogP contribution is 2.33. The summed E-state index contributed by atoms with van der Waals surface area (Å²) in [5.41, 5.74) is 1.49. The van der Waals surface area contributed by atoms with Crippen LogP contribution in [0.5, 0.6) is 5.75 Å². The molecule has 3 aromatic carbocycles. The van der Waals surface area contributed by atoms with Crippen molar-refractivity contribution in [1.29, 1.82) is 0 Å². The second-order valence-corrected chi connectivity index (χ2v) is 6.43. The van der Waals surface area contributed by atoms with Crippen LogP contribution in [0.4, 0.5) is 5.69 Å². The summed E-state index contributed by atoms with van der Waals surface area (Å²) in [6.07, 6.45) is 0. The quantitative estimate of drug-likeness (QED) is 0.664. The van der Waals surface area contributed by atoms with Gasteiger partial charge in [0, 0.05) is 21.3 Å². The van der Waals surface area contributed by atoms with Crippen LogP contribution in [0, 0.1) is 0 Å². The van der Waals surface area contributed by atoms with Crippen molar-refractivity contribution in [2.45, 2.75) is 0 Å². The molecule has 0 radical (unpaired) electrons. The van der Waals surface area contributed by atoms with Crippen LogP contribution < -0.4 is 10.4 Å². The van der Waals surface area contributed by atoms with Crippen molar-refractivity contribution in [2.24, 2.45) is 0 Å². The van der Waals surface area contributed by atoms with Gasteiger partial charge in [-0.05, 0) is 35.4 Å². The van der Waals surface area contributed by atoms with Gasteiger partial charge in [-0.2, -0.15) is 0 Å². The molecule has 0 saturated carbocycles. The first kappa shape index (κ1) is 18.8. The monoisotopic (exact) mass is 400 g/mol. The van der Waals surface area contributed by atoms with Crippen molar-refractivity contribution in [1.82, 2.24) is 0 Å². The first-order valence-electron chi connectivity index (χ1n) is 7.77. The molecule has 27 heavy (non-hydrogen) atoms. The lowest BCUT2D eigenvalue weighted by Gasteiger charge is -2.15. The molecule has 0 aromatic heterocycles. The maximum atomic E-state index is 12.8. The Labute approximate surface area is 164 Å². The van der Waals surface area contributed by atoms with Crippen molar-refractivity contribution in [2.75, 3.05) is 5.32 Å². The second-order valence-electron chi connectivity index (χ2n) is 5.62. The van der Waals surface area contributed by atoms with Crippen molar-refractivity contribution in [3.8, 4) is 16.9 Å². The van der Waals surface area contributed by atoms with E-state index < -0.39 is 17.6 Å². The molecule has 0 heterocycles. The topological polar surface area (TPSA) is 89.5 Å². The maximum Gasteiger partial charge on any atom is 0.336 e. The van der Waals surface area contributed by atoms with E-state index in [9.17, 15) is 19.8 Å². The van der Waals surface area contributed by atoms with Gasteiger partial charge in [0.2, 0.25) is 0 Å². The number of rotatable bonds is 4. The third kappa shape index (κ3) is 3.89. The maximum absolute atomic E-state index is 12.8. The Balaban J connectivity index is 2.02. The third-order valence-electron chi connectivity index (χ3n) is 3.88. The predicted molar refractivity (Wildman–Crippen MR) is 103 cm³/mol. The van der Waals surface area contributed by atoms with Gasteiger partial charge in [-0.25, -0.2) is 4.79 Å². The molecule has 0 aliphatic rings. The summed E-state index contributed by atoms with van der Waals surface area (Å²) in [7, 11) is 0. The molecule has 0 aliphatic carbocycles. The largest absolute Gasteiger partial charge is 0.870 e. The van der Waals surface area contributed by atoms with Gasteiger partial charge in [-0.3, -0.25) is 4.79 Å². The molecule has 0 spiro atoms. The highest BCUT2D eigenvalue weighted by Gasteiger charge is 2.17. The van der Waals surface area contributed by atoms with E-state index in [4.69, 9.17) is 23.2 Å². The van der Waals surface area contributed by atoms with E-state index in [1.165, 1.54) is 18.2 Å². The number of carbonyl (C=O) groups is 2. The fourth-order valence-electron chi connectivity index (χ4n) is 2.65. The van der Waals surface area contributed by atoms with Crippen LogP contribution in [0.25, 0.3) is 11.1 Å². The van der Waals surface area contributed by atoms with Crippen LogP contribution in [0.2, 0.25) is 10.0 Å². The number of carbonyl (C=O) groups excluding carboxylic acids is 1. The van der Waals surface area contributed by atoms with Crippen molar-refractivity contribution < 1.29 is 19.8 Å². The molecule has 7 heteroatoms. The van der Waals surface area contributed by atoms with Crippen molar-refractivity contribution in [3.63, 3.8) is 0 Å². The van der Waals surface area contributed by atoms with Crippen LogP contribution in [0.15, 0.2) is 60.7 Å². The number of aromatic carboxylic acids is 1. The molecule has 0 saturated heterocycles. The molecule has 2 N–H and O–H groups in total.